The number of rotatable bonds is 9. The predicted octanol–water partition coefficient (Wildman–Crippen LogP) is 2.69. The van der Waals surface area contributed by atoms with Crippen LogP contribution in [0.4, 0.5) is 0 Å². The van der Waals surface area contributed by atoms with E-state index in [2.05, 4.69) is 26.1 Å². The van der Waals surface area contributed by atoms with Crippen molar-refractivity contribution in [3.05, 3.63) is 0 Å². The molecule has 3 nitrogen and oxygen atoms in total. The molecule has 0 saturated carbocycles. The number of unbranched alkanes of at least 4 members (excludes halogenated alkanes) is 2. The van der Waals surface area contributed by atoms with Crippen molar-refractivity contribution in [1.82, 2.24) is 5.32 Å². The average Bonchev–Trinajstić information content (AvgIpc) is 2.25. The van der Waals surface area contributed by atoms with Gasteiger partial charge in [0.15, 0.2) is 0 Å². The first-order valence-corrected chi connectivity index (χ1v) is 6.34. The topological polar surface area (TPSA) is 46.2 Å². The summed E-state index contributed by atoms with van der Waals surface area (Å²) in [6.45, 7) is 6.30. The number of amides is 1. The molecule has 0 spiro atoms. The van der Waals surface area contributed by atoms with Gasteiger partial charge in [-0.15, -0.1) is 0 Å². The standard InChI is InChI=1S/C13H25NO2/c1-4-5-6-7-12(10-15)14-13(16)9-8-11(2)3/h10-12H,4-9H2,1-3H3,(H,14,16). The van der Waals surface area contributed by atoms with Crippen molar-refractivity contribution >= 4 is 12.2 Å². The van der Waals surface area contributed by atoms with Gasteiger partial charge in [0, 0.05) is 6.42 Å². The largest absolute Gasteiger partial charge is 0.347 e. The Hall–Kier alpha value is -0.860. The third kappa shape index (κ3) is 8.45. The number of nitrogens with one attached hydrogen (secondary N) is 1. The summed E-state index contributed by atoms with van der Waals surface area (Å²) in [5, 5.41) is 2.77. The first kappa shape index (κ1) is 15.1. The Bertz CT molecular complexity index is 202. The van der Waals surface area contributed by atoms with Crippen molar-refractivity contribution in [3.63, 3.8) is 0 Å². The first-order chi connectivity index (χ1) is 7.60. The van der Waals surface area contributed by atoms with Gasteiger partial charge >= 0.3 is 0 Å². The molecule has 0 bridgehead atoms. The van der Waals surface area contributed by atoms with Crippen LogP contribution in [-0.4, -0.2) is 18.2 Å². The van der Waals surface area contributed by atoms with Crippen LogP contribution < -0.4 is 5.32 Å². The SMILES string of the molecule is CCCCCC(C=O)NC(=O)CCC(C)C. The summed E-state index contributed by atoms with van der Waals surface area (Å²) in [5.41, 5.74) is 0. The van der Waals surface area contributed by atoms with Crippen molar-refractivity contribution in [3.8, 4) is 0 Å². The lowest BCUT2D eigenvalue weighted by molar-refractivity contribution is -0.124. The Morgan fingerprint density at radius 3 is 2.44 bits per heavy atom. The number of hydrogen-bond acceptors (Lipinski definition) is 2. The van der Waals surface area contributed by atoms with Crippen LogP contribution >= 0.6 is 0 Å². The molecule has 1 amide bonds. The summed E-state index contributed by atoms with van der Waals surface area (Å²) in [7, 11) is 0. The van der Waals surface area contributed by atoms with Crippen molar-refractivity contribution in [2.45, 2.75) is 65.3 Å². The minimum Gasteiger partial charge on any atom is -0.347 e. The highest BCUT2D eigenvalue weighted by Crippen LogP contribution is 2.05. The molecule has 0 aromatic carbocycles. The molecule has 0 heterocycles. The molecular formula is C13H25NO2. The summed E-state index contributed by atoms with van der Waals surface area (Å²) in [5.74, 6) is 0.530. The molecule has 3 heteroatoms. The van der Waals surface area contributed by atoms with Gasteiger partial charge in [-0.25, -0.2) is 0 Å². The Morgan fingerprint density at radius 2 is 1.94 bits per heavy atom. The predicted molar refractivity (Wildman–Crippen MR) is 66.2 cm³/mol. The quantitative estimate of drug-likeness (QED) is 0.486. The van der Waals surface area contributed by atoms with Crippen molar-refractivity contribution < 1.29 is 9.59 Å². The second-order valence-corrected chi connectivity index (χ2v) is 4.74. The molecule has 0 aliphatic carbocycles. The fourth-order valence-corrected chi connectivity index (χ4v) is 1.49. The Morgan fingerprint density at radius 1 is 1.25 bits per heavy atom. The van der Waals surface area contributed by atoms with Gasteiger partial charge in [-0.1, -0.05) is 40.0 Å². The Labute approximate surface area is 99.0 Å². The molecule has 0 radical (unpaired) electrons. The fraction of sp³-hybridized carbons (Fsp3) is 0.846. The van der Waals surface area contributed by atoms with Crippen molar-refractivity contribution in [2.24, 2.45) is 5.92 Å². The van der Waals surface area contributed by atoms with Gasteiger partial charge < -0.3 is 10.1 Å². The number of hydrogen-bond donors (Lipinski definition) is 1. The van der Waals surface area contributed by atoms with Crippen LogP contribution in [0.2, 0.25) is 0 Å². The van der Waals surface area contributed by atoms with E-state index in [1.54, 1.807) is 0 Å². The van der Waals surface area contributed by atoms with Crippen LogP contribution in [0.1, 0.15) is 59.3 Å². The minimum atomic E-state index is -0.286. The highest BCUT2D eigenvalue weighted by Gasteiger charge is 2.10. The monoisotopic (exact) mass is 227 g/mol. The first-order valence-electron chi connectivity index (χ1n) is 6.34. The highest BCUT2D eigenvalue weighted by molar-refractivity contribution is 5.79. The molecule has 1 atom stereocenters. The molecule has 94 valence electrons. The Kier molecular flexibility index (Phi) is 8.87. The van der Waals surface area contributed by atoms with E-state index in [9.17, 15) is 9.59 Å². The molecular weight excluding hydrogens is 202 g/mol. The van der Waals surface area contributed by atoms with Gasteiger partial charge in [-0.2, -0.15) is 0 Å². The number of aldehydes is 1. The minimum absolute atomic E-state index is 0.00213. The summed E-state index contributed by atoms with van der Waals surface area (Å²) >= 11 is 0. The zero-order valence-electron chi connectivity index (χ0n) is 10.8. The van der Waals surface area contributed by atoms with Crippen LogP contribution in [0, 0.1) is 5.92 Å². The lowest BCUT2D eigenvalue weighted by atomic mass is 10.1. The van der Waals surface area contributed by atoms with E-state index in [1.165, 1.54) is 0 Å². The molecule has 16 heavy (non-hydrogen) atoms. The molecule has 0 aromatic heterocycles. The smallest absolute Gasteiger partial charge is 0.220 e. The maximum absolute atomic E-state index is 11.5. The van der Waals surface area contributed by atoms with Gasteiger partial charge in [0.05, 0.1) is 6.04 Å². The molecule has 1 unspecified atom stereocenters. The zero-order chi connectivity index (χ0) is 12.4. The van der Waals surface area contributed by atoms with Crippen molar-refractivity contribution in [2.75, 3.05) is 0 Å². The second-order valence-electron chi connectivity index (χ2n) is 4.74. The molecule has 0 rings (SSSR count). The Balaban J connectivity index is 3.74. The number of carbonyl (C=O) groups is 2. The lowest BCUT2D eigenvalue weighted by Crippen LogP contribution is -2.35. The van der Waals surface area contributed by atoms with Crippen LogP contribution in [0.25, 0.3) is 0 Å². The van der Waals surface area contributed by atoms with Crippen LogP contribution in [0.3, 0.4) is 0 Å². The molecule has 1 N–H and O–H groups in total. The summed E-state index contributed by atoms with van der Waals surface area (Å²) < 4.78 is 0. The van der Waals surface area contributed by atoms with Gasteiger partial charge in [0.2, 0.25) is 5.91 Å². The van der Waals surface area contributed by atoms with Crippen molar-refractivity contribution in [1.29, 1.82) is 0 Å². The van der Waals surface area contributed by atoms with Gasteiger partial charge in [0.1, 0.15) is 6.29 Å². The van der Waals surface area contributed by atoms with Crippen LogP contribution in [0.5, 0.6) is 0 Å². The van der Waals surface area contributed by atoms with Crippen LogP contribution in [-0.2, 0) is 9.59 Å². The summed E-state index contributed by atoms with van der Waals surface area (Å²) in [6, 6.07) is -0.286. The average molecular weight is 227 g/mol. The lowest BCUT2D eigenvalue weighted by Gasteiger charge is -2.13. The summed E-state index contributed by atoms with van der Waals surface area (Å²) in [4.78, 5) is 22.2. The number of carbonyl (C=O) groups excluding carboxylic acids is 2. The van der Waals surface area contributed by atoms with E-state index >= 15 is 0 Å². The normalized spacial score (nSPS) is 12.5. The van der Waals surface area contributed by atoms with Gasteiger partial charge in [-0.3, -0.25) is 4.79 Å². The molecule has 0 aliphatic rings. The zero-order valence-corrected chi connectivity index (χ0v) is 10.8. The molecule has 0 saturated heterocycles. The van der Waals surface area contributed by atoms with E-state index in [0.29, 0.717) is 12.3 Å². The van der Waals surface area contributed by atoms with E-state index in [1.807, 2.05) is 0 Å². The van der Waals surface area contributed by atoms with E-state index in [-0.39, 0.29) is 11.9 Å². The van der Waals surface area contributed by atoms with Gasteiger partial charge in [0.25, 0.3) is 0 Å². The van der Waals surface area contributed by atoms with E-state index < -0.39 is 0 Å². The summed E-state index contributed by atoms with van der Waals surface area (Å²) in [6.07, 6.45) is 6.28. The maximum Gasteiger partial charge on any atom is 0.220 e. The van der Waals surface area contributed by atoms with E-state index in [4.69, 9.17) is 0 Å². The van der Waals surface area contributed by atoms with Crippen LogP contribution in [0.15, 0.2) is 0 Å². The highest BCUT2D eigenvalue weighted by atomic mass is 16.2. The molecule has 0 aliphatic heterocycles. The third-order valence-electron chi connectivity index (χ3n) is 2.58. The molecule has 0 fully saturated rings. The second kappa shape index (κ2) is 9.37. The van der Waals surface area contributed by atoms with Gasteiger partial charge in [-0.05, 0) is 18.8 Å². The van der Waals surface area contributed by atoms with E-state index in [0.717, 1.165) is 38.4 Å². The maximum atomic E-state index is 11.5. The molecule has 0 aromatic rings. The fourth-order valence-electron chi connectivity index (χ4n) is 1.49. The third-order valence-corrected chi connectivity index (χ3v) is 2.58.